The first kappa shape index (κ1) is 15.0. The van der Waals surface area contributed by atoms with Crippen molar-refractivity contribution in [3.63, 3.8) is 0 Å². The van der Waals surface area contributed by atoms with Crippen LogP contribution in [0.4, 0.5) is 0 Å². The predicted molar refractivity (Wildman–Crippen MR) is 75.1 cm³/mol. The molecule has 112 valence electrons. The van der Waals surface area contributed by atoms with Crippen molar-refractivity contribution in [1.29, 1.82) is 0 Å². The summed E-state index contributed by atoms with van der Waals surface area (Å²) in [7, 11) is 0. The lowest BCUT2D eigenvalue weighted by molar-refractivity contribution is -0.138. The van der Waals surface area contributed by atoms with Gasteiger partial charge in [-0.1, -0.05) is 31.3 Å². The van der Waals surface area contributed by atoms with Gasteiger partial charge in [-0.25, -0.2) is 0 Å². The Kier molecular flexibility index (Phi) is 5.59. The fourth-order valence-electron chi connectivity index (χ4n) is 2.56. The maximum absolute atomic E-state index is 12.1. The number of rotatable bonds is 6. The third-order valence-electron chi connectivity index (χ3n) is 3.69. The number of hydrogen-bond donors (Lipinski definition) is 1. The van der Waals surface area contributed by atoms with E-state index < -0.39 is 0 Å². The SMILES string of the molecule is CCC(OC1CCCCC1)C(=O)NCc1cc(C)no1. The highest BCUT2D eigenvalue weighted by Crippen LogP contribution is 2.22. The Balaban J connectivity index is 1.78. The zero-order chi connectivity index (χ0) is 14.4. The van der Waals surface area contributed by atoms with Gasteiger partial charge in [-0.05, 0) is 26.2 Å². The summed E-state index contributed by atoms with van der Waals surface area (Å²) in [5.74, 6) is 0.607. The molecule has 20 heavy (non-hydrogen) atoms. The molecule has 0 spiro atoms. The van der Waals surface area contributed by atoms with Gasteiger partial charge in [0.25, 0.3) is 0 Å². The Morgan fingerprint density at radius 1 is 1.50 bits per heavy atom. The molecule has 5 heteroatoms. The zero-order valence-corrected chi connectivity index (χ0v) is 12.4. The van der Waals surface area contributed by atoms with Crippen LogP contribution in [0.3, 0.4) is 0 Å². The molecule has 1 amide bonds. The monoisotopic (exact) mass is 280 g/mol. The third-order valence-corrected chi connectivity index (χ3v) is 3.69. The fourth-order valence-corrected chi connectivity index (χ4v) is 2.56. The van der Waals surface area contributed by atoms with E-state index in [9.17, 15) is 4.79 Å². The number of nitrogens with one attached hydrogen (secondary N) is 1. The molecule has 0 aliphatic heterocycles. The molecule has 1 aromatic heterocycles. The van der Waals surface area contributed by atoms with Gasteiger partial charge in [0, 0.05) is 6.07 Å². The van der Waals surface area contributed by atoms with Crippen molar-refractivity contribution in [1.82, 2.24) is 10.5 Å². The van der Waals surface area contributed by atoms with Crippen molar-refractivity contribution in [2.45, 2.75) is 71.1 Å². The second-order valence-electron chi connectivity index (χ2n) is 5.45. The summed E-state index contributed by atoms with van der Waals surface area (Å²) >= 11 is 0. The lowest BCUT2D eigenvalue weighted by Gasteiger charge is -2.26. The van der Waals surface area contributed by atoms with E-state index >= 15 is 0 Å². The zero-order valence-electron chi connectivity index (χ0n) is 12.4. The number of carbonyl (C=O) groups is 1. The van der Waals surface area contributed by atoms with Crippen LogP contribution in [0.25, 0.3) is 0 Å². The number of hydrogen-bond acceptors (Lipinski definition) is 4. The topological polar surface area (TPSA) is 64.4 Å². The Morgan fingerprint density at radius 3 is 2.85 bits per heavy atom. The Labute approximate surface area is 120 Å². The van der Waals surface area contributed by atoms with E-state index in [0.29, 0.717) is 18.7 Å². The van der Waals surface area contributed by atoms with Crippen molar-refractivity contribution in [2.75, 3.05) is 0 Å². The molecular formula is C15H24N2O3. The normalized spacial score (nSPS) is 17.9. The molecular weight excluding hydrogens is 256 g/mol. The van der Waals surface area contributed by atoms with Crippen molar-refractivity contribution < 1.29 is 14.1 Å². The van der Waals surface area contributed by atoms with Gasteiger partial charge in [-0.15, -0.1) is 0 Å². The number of aryl methyl sites for hydroxylation is 1. The molecule has 1 aliphatic rings. The quantitative estimate of drug-likeness (QED) is 0.870. The fraction of sp³-hybridized carbons (Fsp3) is 0.733. The van der Waals surface area contributed by atoms with E-state index in [2.05, 4.69) is 10.5 Å². The Morgan fingerprint density at radius 2 is 2.25 bits per heavy atom. The van der Waals surface area contributed by atoms with Crippen molar-refractivity contribution >= 4 is 5.91 Å². The maximum atomic E-state index is 12.1. The van der Waals surface area contributed by atoms with Crippen LogP contribution >= 0.6 is 0 Å². The number of nitrogens with zero attached hydrogens (tertiary/aromatic N) is 1. The molecule has 1 saturated carbocycles. The summed E-state index contributed by atoms with van der Waals surface area (Å²) < 4.78 is 11.0. The number of amides is 1. The van der Waals surface area contributed by atoms with Crippen LogP contribution in [0.15, 0.2) is 10.6 Å². The average Bonchev–Trinajstić information content (AvgIpc) is 2.89. The van der Waals surface area contributed by atoms with Crippen LogP contribution in [0.5, 0.6) is 0 Å². The minimum absolute atomic E-state index is 0.0628. The maximum Gasteiger partial charge on any atom is 0.249 e. The summed E-state index contributed by atoms with van der Waals surface area (Å²) in [6, 6.07) is 1.82. The molecule has 1 fully saturated rings. The van der Waals surface area contributed by atoms with Crippen LogP contribution in [0, 0.1) is 6.92 Å². The van der Waals surface area contributed by atoms with Crippen LogP contribution < -0.4 is 5.32 Å². The molecule has 0 bridgehead atoms. The highest BCUT2D eigenvalue weighted by atomic mass is 16.5. The summed E-state index contributed by atoms with van der Waals surface area (Å²) in [4.78, 5) is 12.1. The lowest BCUT2D eigenvalue weighted by atomic mass is 9.97. The van der Waals surface area contributed by atoms with E-state index in [1.807, 2.05) is 19.9 Å². The molecule has 5 nitrogen and oxygen atoms in total. The molecule has 1 aromatic rings. The summed E-state index contributed by atoms with van der Waals surface area (Å²) in [6.45, 7) is 4.20. The second kappa shape index (κ2) is 7.43. The standard InChI is InChI=1S/C15H24N2O3/c1-3-14(19-12-7-5-4-6-8-12)15(18)16-10-13-9-11(2)17-20-13/h9,12,14H,3-8,10H2,1-2H3,(H,16,18). The average molecular weight is 280 g/mol. The van der Waals surface area contributed by atoms with Gasteiger partial charge in [0.05, 0.1) is 18.3 Å². The minimum Gasteiger partial charge on any atom is -0.365 e. The van der Waals surface area contributed by atoms with Gasteiger partial charge >= 0.3 is 0 Å². The van der Waals surface area contributed by atoms with Gasteiger partial charge in [0.2, 0.25) is 5.91 Å². The van der Waals surface area contributed by atoms with Crippen molar-refractivity contribution in [3.05, 3.63) is 17.5 Å². The van der Waals surface area contributed by atoms with E-state index in [0.717, 1.165) is 18.5 Å². The first-order chi connectivity index (χ1) is 9.69. The third kappa shape index (κ3) is 4.34. The molecule has 1 heterocycles. The predicted octanol–water partition coefficient (Wildman–Crippen LogP) is 2.73. The first-order valence-corrected chi connectivity index (χ1v) is 7.54. The van der Waals surface area contributed by atoms with E-state index in [4.69, 9.17) is 9.26 Å². The largest absolute Gasteiger partial charge is 0.365 e. The van der Waals surface area contributed by atoms with E-state index in [1.54, 1.807) is 0 Å². The smallest absolute Gasteiger partial charge is 0.249 e. The van der Waals surface area contributed by atoms with Crippen LogP contribution in [-0.4, -0.2) is 23.3 Å². The molecule has 0 aromatic carbocycles. The van der Waals surface area contributed by atoms with Gasteiger partial charge in [-0.2, -0.15) is 0 Å². The summed E-state index contributed by atoms with van der Waals surface area (Å²) in [6.07, 6.45) is 6.43. The van der Waals surface area contributed by atoms with Gasteiger partial charge in [0.1, 0.15) is 6.10 Å². The number of aromatic nitrogens is 1. The number of carbonyl (C=O) groups excluding carboxylic acids is 1. The van der Waals surface area contributed by atoms with Crippen LogP contribution in [0.1, 0.15) is 56.9 Å². The van der Waals surface area contributed by atoms with E-state index in [1.165, 1.54) is 19.3 Å². The summed E-state index contributed by atoms with van der Waals surface area (Å²) in [5, 5.41) is 6.65. The van der Waals surface area contributed by atoms with Crippen molar-refractivity contribution in [2.24, 2.45) is 0 Å². The Bertz CT molecular complexity index is 425. The van der Waals surface area contributed by atoms with Gasteiger partial charge in [-0.3, -0.25) is 4.79 Å². The first-order valence-electron chi connectivity index (χ1n) is 7.54. The molecule has 1 unspecified atom stereocenters. The van der Waals surface area contributed by atoms with Crippen LogP contribution in [-0.2, 0) is 16.1 Å². The van der Waals surface area contributed by atoms with Crippen LogP contribution in [0.2, 0.25) is 0 Å². The highest BCUT2D eigenvalue weighted by molar-refractivity contribution is 5.80. The lowest BCUT2D eigenvalue weighted by Crippen LogP contribution is -2.38. The summed E-state index contributed by atoms with van der Waals surface area (Å²) in [5.41, 5.74) is 0.819. The molecule has 1 N–H and O–H groups in total. The minimum atomic E-state index is -0.359. The second-order valence-corrected chi connectivity index (χ2v) is 5.45. The van der Waals surface area contributed by atoms with Crippen molar-refractivity contribution in [3.8, 4) is 0 Å². The molecule has 1 aliphatic carbocycles. The molecule has 1 atom stereocenters. The Hall–Kier alpha value is -1.36. The highest BCUT2D eigenvalue weighted by Gasteiger charge is 2.23. The van der Waals surface area contributed by atoms with E-state index in [-0.39, 0.29) is 18.1 Å². The molecule has 2 rings (SSSR count). The van der Waals surface area contributed by atoms with Gasteiger partial charge in [0.15, 0.2) is 5.76 Å². The van der Waals surface area contributed by atoms with Gasteiger partial charge < -0.3 is 14.6 Å². The molecule has 0 radical (unpaired) electrons. The molecule has 0 saturated heterocycles. The number of ether oxygens (including phenoxy) is 1.